The number of hydrogen-bond acceptors (Lipinski definition) is 2. The molecule has 0 bridgehead atoms. The molecule has 1 fully saturated rings. The second kappa shape index (κ2) is 3.07. The Morgan fingerprint density at radius 3 is 2.80 bits per heavy atom. The zero-order valence-corrected chi connectivity index (χ0v) is 8.73. The summed E-state index contributed by atoms with van der Waals surface area (Å²) in [6, 6.07) is 8.45. The highest BCUT2D eigenvalue weighted by Gasteiger charge is 2.37. The highest BCUT2D eigenvalue weighted by molar-refractivity contribution is 6.04. The molecule has 3 nitrogen and oxygen atoms in total. The van der Waals surface area contributed by atoms with Gasteiger partial charge in [0.05, 0.1) is 0 Å². The molecule has 3 rings (SSSR count). The molecule has 15 heavy (non-hydrogen) atoms. The molecule has 3 heteroatoms. The predicted molar refractivity (Wildman–Crippen MR) is 58.8 cm³/mol. The maximum atomic E-state index is 12.0. The fourth-order valence-electron chi connectivity index (χ4n) is 2.13. The van der Waals surface area contributed by atoms with Gasteiger partial charge in [-0.2, -0.15) is 0 Å². The zero-order chi connectivity index (χ0) is 10.4. The van der Waals surface area contributed by atoms with Crippen LogP contribution in [-0.2, 0) is 4.79 Å². The Morgan fingerprint density at radius 1 is 1.33 bits per heavy atom. The quantitative estimate of drug-likeness (QED) is 0.787. The fourth-order valence-corrected chi connectivity index (χ4v) is 2.13. The van der Waals surface area contributed by atoms with Crippen LogP contribution in [0.3, 0.4) is 0 Å². The highest BCUT2D eigenvalue weighted by Crippen LogP contribution is 2.36. The maximum Gasteiger partial charge on any atom is 0.248 e. The number of hydrogen-bond donors (Lipinski definition) is 1. The van der Waals surface area contributed by atoms with Crippen LogP contribution in [0.2, 0.25) is 0 Å². The Bertz CT molecular complexity index is 412. The topological polar surface area (TPSA) is 32.3 Å². The molecule has 0 radical (unpaired) electrons. The maximum absolute atomic E-state index is 12.0. The summed E-state index contributed by atoms with van der Waals surface area (Å²) in [5, 5.41) is 3.40. The van der Waals surface area contributed by atoms with Crippen LogP contribution in [0, 0.1) is 0 Å². The number of benzene rings is 1. The Balaban J connectivity index is 1.97. The van der Waals surface area contributed by atoms with Crippen LogP contribution in [0.25, 0.3) is 0 Å². The molecule has 78 valence electrons. The molecule has 0 spiro atoms. The summed E-state index contributed by atoms with van der Waals surface area (Å²) in [6.45, 7) is 0. The van der Waals surface area contributed by atoms with Crippen LogP contribution < -0.4 is 10.2 Å². The zero-order valence-electron chi connectivity index (χ0n) is 8.73. The Kier molecular flexibility index (Phi) is 1.83. The molecule has 1 aliphatic carbocycles. The van der Waals surface area contributed by atoms with Crippen molar-refractivity contribution in [3.05, 3.63) is 29.8 Å². The van der Waals surface area contributed by atoms with E-state index in [9.17, 15) is 4.79 Å². The molecule has 1 unspecified atom stereocenters. The lowest BCUT2D eigenvalue weighted by Gasteiger charge is -2.11. The van der Waals surface area contributed by atoms with Crippen LogP contribution in [0.4, 0.5) is 5.69 Å². The van der Waals surface area contributed by atoms with Gasteiger partial charge >= 0.3 is 0 Å². The van der Waals surface area contributed by atoms with Gasteiger partial charge in [0.1, 0.15) is 6.04 Å². The summed E-state index contributed by atoms with van der Waals surface area (Å²) in [7, 11) is 1.84. The average molecular weight is 202 g/mol. The largest absolute Gasteiger partial charge is 0.313 e. The predicted octanol–water partition coefficient (Wildman–Crippen LogP) is 1.46. The van der Waals surface area contributed by atoms with E-state index >= 15 is 0 Å². The summed E-state index contributed by atoms with van der Waals surface area (Å²) < 4.78 is 0. The van der Waals surface area contributed by atoms with Crippen molar-refractivity contribution in [3.8, 4) is 0 Å². The molecular formula is C12H14N2O. The number of nitrogens with zero attached hydrogens (tertiary/aromatic N) is 1. The van der Waals surface area contributed by atoms with Gasteiger partial charge < -0.3 is 4.90 Å². The smallest absolute Gasteiger partial charge is 0.248 e. The molecule has 0 aromatic heterocycles. The van der Waals surface area contributed by atoms with Crippen molar-refractivity contribution >= 4 is 11.6 Å². The van der Waals surface area contributed by atoms with Crippen LogP contribution in [0.5, 0.6) is 0 Å². The lowest BCUT2D eigenvalue weighted by atomic mass is 10.1. The second-order valence-electron chi connectivity index (χ2n) is 4.33. The van der Waals surface area contributed by atoms with E-state index < -0.39 is 0 Å². The molecule has 0 saturated heterocycles. The number of nitrogens with one attached hydrogen (secondary N) is 1. The molecule has 1 aromatic carbocycles. The number of amides is 1. The number of fused-ring (bicyclic) bond motifs is 1. The van der Waals surface area contributed by atoms with E-state index in [1.807, 2.05) is 31.3 Å². The SMILES string of the molecule is CN1C(=O)C(NC2CC2)c2ccccc21. The third-order valence-corrected chi connectivity index (χ3v) is 3.17. The number of rotatable bonds is 2. The summed E-state index contributed by atoms with van der Waals surface area (Å²) in [5.74, 6) is 0.170. The van der Waals surface area contributed by atoms with Crippen molar-refractivity contribution in [2.45, 2.75) is 24.9 Å². The van der Waals surface area contributed by atoms with E-state index in [1.165, 1.54) is 12.8 Å². The molecule has 1 heterocycles. The third-order valence-electron chi connectivity index (χ3n) is 3.17. The molecule has 1 aliphatic heterocycles. The van der Waals surface area contributed by atoms with Crippen LogP contribution in [0.15, 0.2) is 24.3 Å². The molecular weight excluding hydrogens is 188 g/mol. The van der Waals surface area contributed by atoms with E-state index in [1.54, 1.807) is 4.90 Å². The second-order valence-corrected chi connectivity index (χ2v) is 4.33. The monoisotopic (exact) mass is 202 g/mol. The van der Waals surface area contributed by atoms with Crippen molar-refractivity contribution in [3.63, 3.8) is 0 Å². The van der Waals surface area contributed by atoms with Gasteiger partial charge in [-0.3, -0.25) is 10.1 Å². The fraction of sp³-hybridized carbons (Fsp3) is 0.417. The average Bonchev–Trinajstić information content (AvgIpc) is 3.04. The minimum absolute atomic E-state index is 0.112. The lowest BCUT2D eigenvalue weighted by molar-refractivity contribution is -0.119. The minimum Gasteiger partial charge on any atom is -0.313 e. The standard InChI is InChI=1S/C12H14N2O/c1-14-10-5-3-2-4-9(10)11(12(14)15)13-8-6-7-8/h2-5,8,11,13H,6-7H2,1H3. The number of anilines is 1. The van der Waals surface area contributed by atoms with Gasteiger partial charge in [-0.15, -0.1) is 0 Å². The first kappa shape index (κ1) is 8.92. The van der Waals surface area contributed by atoms with E-state index in [-0.39, 0.29) is 11.9 Å². The van der Waals surface area contributed by atoms with Crippen molar-refractivity contribution in [2.24, 2.45) is 0 Å². The number of likely N-dealkylation sites (N-methyl/N-ethyl adjacent to an activating group) is 1. The van der Waals surface area contributed by atoms with Crippen molar-refractivity contribution < 1.29 is 4.79 Å². The summed E-state index contributed by atoms with van der Waals surface area (Å²) in [4.78, 5) is 13.7. The van der Waals surface area contributed by atoms with Crippen molar-refractivity contribution in [1.29, 1.82) is 0 Å². The highest BCUT2D eigenvalue weighted by atomic mass is 16.2. The van der Waals surface area contributed by atoms with E-state index in [0.717, 1.165) is 11.3 Å². The van der Waals surface area contributed by atoms with Crippen LogP contribution in [0.1, 0.15) is 24.4 Å². The van der Waals surface area contributed by atoms with Crippen molar-refractivity contribution in [1.82, 2.24) is 5.32 Å². The van der Waals surface area contributed by atoms with Gasteiger partial charge in [0.25, 0.3) is 0 Å². The molecule has 1 aromatic rings. The van der Waals surface area contributed by atoms with Crippen molar-refractivity contribution in [2.75, 3.05) is 11.9 Å². The molecule has 1 amide bonds. The van der Waals surface area contributed by atoms with Crippen LogP contribution in [-0.4, -0.2) is 19.0 Å². The Labute approximate surface area is 89.1 Å². The van der Waals surface area contributed by atoms with Gasteiger partial charge in [0.15, 0.2) is 0 Å². The number of para-hydroxylation sites is 1. The summed E-state index contributed by atoms with van der Waals surface area (Å²) in [6.07, 6.45) is 2.41. The summed E-state index contributed by atoms with van der Waals surface area (Å²) >= 11 is 0. The first-order chi connectivity index (χ1) is 7.27. The molecule has 1 saturated carbocycles. The van der Waals surface area contributed by atoms with Gasteiger partial charge in [0, 0.05) is 24.3 Å². The van der Waals surface area contributed by atoms with Gasteiger partial charge in [-0.1, -0.05) is 18.2 Å². The Morgan fingerprint density at radius 2 is 2.07 bits per heavy atom. The molecule has 1 atom stereocenters. The number of carbonyl (C=O) groups is 1. The summed E-state index contributed by atoms with van der Waals surface area (Å²) in [5.41, 5.74) is 2.16. The van der Waals surface area contributed by atoms with Gasteiger partial charge in [-0.25, -0.2) is 0 Å². The van der Waals surface area contributed by atoms with E-state index in [2.05, 4.69) is 5.32 Å². The Hall–Kier alpha value is -1.35. The third kappa shape index (κ3) is 1.35. The number of carbonyl (C=O) groups excluding carboxylic acids is 1. The molecule has 2 aliphatic rings. The van der Waals surface area contributed by atoms with E-state index in [0.29, 0.717) is 6.04 Å². The van der Waals surface area contributed by atoms with E-state index in [4.69, 9.17) is 0 Å². The van der Waals surface area contributed by atoms with Gasteiger partial charge in [0.2, 0.25) is 5.91 Å². The normalized spacial score (nSPS) is 24.5. The van der Waals surface area contributed by atoms with Crippen LogP contribution >= 0.6 is 0 Å². The first-order valence-corrected chi connectivity index (χ1v) is 5.40. The van der Waals surface area contributed by atoms with Gasteiger partial charge in [-0.05, 0) is 18.9 Å². The minimum atomic E-state index is -0.112. The lowest BCUT2D eigenvalue weighted by Crippen LogP contribution is -2.33. The first-order valence-electron chi connectivity index (χ1n) is 5.40. The molecule has 1 N–H and O–H groups in total.